The molecular weight excluding hydrogens is 190 g/mol. The Labute approximate surface area is 82.0 Å². The Morgan fingerprint density at radius 2 is 2.17 bits per heavy atom. The summed E-state index contributed by atoms with van der Waals surface area (Å²) in [5, 5.41) is 3.00. The van der Waals surface area contributed by atoms with Crippen molar-refractivity contribution in [2.24, 2.45) is 0 Å². The lowest BCUT2D eigenvalue weighted by atomic mass is 10.4. The highest BCUT2D eigenvalue weighted by atomic mass is 35.5. The predicted molar refractivity (Wildman–Crippen MR) is 53.8 cm³/mol. The largest absolute Gasteiger partial charge is 0.298 e. The van der Waals surface area contributed by atoms with Gasteiger partial charge in [0, 0.05) is 11.4 Å². The summed E-state index contributed by atoms with van der Waals surface area (Å²) in [7, 11) is 0. The molecule has 2 rings (SSSR count). The Morgan fingerprint density at radius 1 is 1.42 bits per heavy atom. The van der Waals surface area contributed by atoms with E-state index in [-0.39, 0.29) is 0 Å². The topological polar surface area (TPSA) is 3.24 Å². The van der Waals surface area contributed by atoms with Crippen LogP contribution in [0, 0.1) is 0 Å². The van der Waals surface area contributed by atoms with Crippen molar-refractivity contribution in [1.82, 2.24) is 4.90 Å². The second-order valence-electron chi connectivity index (χ2n) is 3.17. The van der Waals surface area contributed by atoms with Crippen LogP contribution in [-0.4, -0.2) is 18.0 Å². The van der Waals surface area contributed by atoms with Gasteiger partial charge in [0.05, 0.1) is 5.02 Å². The molecule has 2 heterocycles. The van der Waals surface area contributed by atoms with E-state index in [0.29, 0.717) is 0 Å². The van der Waals surface area contributed by atoms with Gasteiger partial charge in [0.15, 0.2) is 0 Å². The van der Waals surface area contributed by atoms with Crippen LogP contribution in [0.25, 0.3) is 0 Å². The molecule has 0 unspecified atom stereocenters. The molecule has 3 heteroatoms. The van der Waals surface area contributed by atoms with Crippen LogP contribution in [0.15, 0.2) is 11.4 Å². The average Bonchev–Trinajstić information content (AvgIpc) is 2.65. The molecule has 0 aliphatic carbocycles. The van der Waals surface area contributed by atoms with Gasteiger partial charge >= 0.3 is 0 Å². The molecule has 0 radical (unpaired) electrons. The molecule has 0 saturated carbocycles. The van der Waals surface area contributed by atoms with Gasteiger partial charge in [0.1, 0.15) is 0 Å². The van der Waals surface area contributed by atoms with E-state index in [0.717, 1.165) is 11.6 Å². The van der Waals surface area contributed by atoms with Crippen LogP contribution >= 0.6 is 22.9 Å². The Kier molecular flexibility index (Phi) is 2.69. The number of hydrogen-bond acceptors (Lipinski definition) is 2. The zero-order valence-electron chi connectivity index (χ0n) is 6.92. The van der Waals surface area contributed by atoms with Crippen molar-refractivity contribution in [2.75, 3.05) is 13.1 Å². The number of likely N-dealkylation sites (tertiary alicyclic amines) is 1. The lowest BCUT2D eigenvalue weighted by Crippen LogP contribution is -2.17. The molecule has 1 fully saturated rings. The molecular formula is C9H12ClNS. The Bertz CT molecular complexity index is 253. The summed E-state index contributed by atoms with van der Waals surface area (Å²) < 4.78 is 0. The number of nitrogens with zero attached hydrogens (tertiary/aromatic N) is 1. The SMILES string of the molecule is Clc1ccsc1CN1CCCC1. The fourth-order valence-electron chi connectivity index (χ4n) is 1.58. The molecule has 1 saturated heterocycles. The van der Waals surface area contributed by atoms with Crippen molar-refractivity contribution >= 4 is 22.9 Å². The van der Waals surface area contributed by atoms with Gasteiger partial charge in [-0.3, -0.25) is 4.90 Å². The Hall–Kier alpha value is -0.0500. The van der Waals surface area contributed by atoms with Gasteiger partial charge in [-0.2, -0.15) is 0 Å². The number of halogens is 1. The van der Waals surface area contributed by atoms with Crippen molar-refractivity contribution < 1.29 is 0 Å². The Morgan fingerprint density at radius 3 is 2.75 bits per heavy atom. The predicted octanol–water partition coefficient (Wildman–Crippen LogP) is 3.00. The number of hydrogen-bond donors (Lipinski definition) is 0. The molecule has 0 bridgehead atoms. The maximum atomic E-state index is 6.00. The lowest BCUT2D eigenvalue weighted by molar-refractivity contribution is 0.334. The summed E-state index contributed by atoms with van der Waals surface area (Å²) in [6.45, 7) is 3.54. The lowest BCUT2D eigenvalue weighted by Gasteiger charge is -2.12. The molecule has 1 aromatic heterocycles. The second-order valence-corrected chi connectivity index (χ2v) is 4.58. The molecule has 0 atom stereocenters. The van der Waals surface area contributed by atoms with E-state index in [4.69, 9.17) is 11.6 Å². The first kappa shape index (κ1) is 8.54. The molecule has 66 valence electrons. The molecule has 12 heavy (non-hydrogen) atoms. The molecule has 0 N–H and O–H groups in total. The second kappa shape index (κ2) is 3.77. The van der Waals surface area contributed by atoms with Gasteiger partial charge in [-0.1, -0.05) is 11.6 Å². The fraction of sp³-hybridized carbons (Fsp3) is 0.556. The van der Waals surface area contributed by atoms with E-state index < -0.39 is 0 Å². The fourth-order valence-corrected chi connectivity index (χ4v) is 2.72. The van der Waals surface area contributed by atoms with Gasteiger partial charge in [0.2, 0.25) is 0 Å². The smallest absolute Gasteiger partial charge is 0.0558 e. The van der Waals surface area contributed by atoms with Crippen molar-refractivity contribution in [1.29, 1.82) is 0 Å². The average molecular weight is 202 g/mol. The highest BCUT2D eigenvalue weighted by molar-refractivity contribution is 7.10. The highest BCUT2D eigenvalue weighted by Crippen LogP contribution is 2.24. The van der Waals surface area contributed by atoms with E-state index in [9.17, 15) is 0 Å². The third-order valence-electron chi connectivity index (χ3n) is 2.26. The quantitative estimate of drug-likeness (QED) is 0.711. The van der Waals surface area contributed by atoms with E-state index in [1.807, 2.05) is 6.07 Å². The van der Waals surface area contributed by atoms with Crippen LogP contribution in [-0.2, 0) is 6.54 Å². The summed E-state index contributed by atoms with van der Waals surface area (Å²) in [6, 6.07) is 1.98. The van der Waals surface area contributed by atoms with E-state index in [1.54, 1.807) is 11.3 Å². The molecule has 0 spiro atoms. The maximum Gasteiger partial charge on any atom is 0.0558 e. The minimum atomic E-state index is 0.937. The van der Waals surface area contributed by atoms with Gasteiger partial charge in [-0.05, 0) is 37.4 Å². The highest BCUT2D eigenvalue weighted by Gasteiger charge is 2.13. The summed E-state index contributed by atoms with van der Waals surface area (Å²) in [6.07, 6.45) is 2.70. The summed E-state index contributed by atoms with van der Waals surface area (Å²) in [5.41, 5.74) is 0. The molecule has 1 aromatic rings. The van der Waals surface area contributed by atoms with Crippen molar-refractivity contribution in [3.8, 4) is 0 Å². The first-order chi connectivity index (χ1) is 5.86. The van der Waals surface area contributed by atoms with Crippen LogP contribution in [0.1, 0.15) is 17.7 Å². The van der Waals surface area contributed by atoms with Gasteiger partial charge in [-0.15, -0.1) is 11.3 Å². The van der Waals surface area contributed by atoms with Gasteiger partial charge in [0.25, 0.3) is 0 Å². The standard InChI is InChI=1S/C9H12ClNS/c10-8-3-6-12-9(8)7-11-4-1-2-5-11/h3,6H,1-2,4-5,7H2. The summed E-state index contributed by atoms with van der Waals surface area (Å²) in [5.74, 6) is 0. The molecule has 0 aromatic carbocycles. The van der Waals surface area contributed by atoms with Crippen molar-refractivity contribution in [3.05, 3.63) is 21.3 Å². The normalized spacial score (nSPS) is 18.8. The number of thiophene rings is 1. The summed E-state index contributed by atoms with van der Waals surface area (Å²) in [4.78, 5) is 3.79. The van der Waals surface area contributed by atoms with Crippen LogP contribution < -0.4 is 0 Å². The van der Waals surface area contributed by atoms with Crippen LogP contribution in [0.3, 0.4) is 0 Å². The van der Waals surface area contributed by atoms with E-state index in [1.165, 1.54) is 30.8 Å². The van der Waals surface area contributed by atoms with Crippen LogP contribution in [0.5, 0.6) is 0 Å². The molecule has 1 nitrogen and oxygen atoms in total. The van der Waals surface area contributed by atoms with Crippen molar-refractivity contribution in [2.45, 2.75) is 19.4 Å². The van der Waals surface area contributed by atoms with Crippen LogP contribution in [0.2, 0.25) is 5.02 Å². The van der Waals surface area contributed by atoms with E-state index >= 15 is 0 Å². The number of rotatable bonds is 2. The zero-order valence-corrected chi connectivity index (χ0v) is 8.50. The third-order valence-corrected chi connectivity index (χ3v) is 3.63. The zero-order chi connectivity index (χ0) is 8.39. The van der Waals surface area contributed by atoms with Gasteiger partial charge < -0.3 is 0 Å². The molecule has 1 aliphatic rings. The third kappa shape index (κ3) is 1.82. The Balaban J connectivity index is 1.98. The minimum Gasteiger partial charge on any atom is -0.298 e. The van der Waals surface area contributed by atoms with Gasteiger partial charge in [-0.25, -0.2) is 0 Å². The monoisotopic (exact) mass is 201 g/mol. The molecule has 1 aliphatic heterocycles. The van der Waals surface area contributed by atoms with Crippen molar-refractivity contribution in [3.63, 3.8) is 0 Å². The minimum absolute atomic E-state index is 0.937. The van der Waals surface area contributed by atoms with Crippen LogP contribution in [0.4, 0.5) is 0 Å². The van der Waals surface area contributed by atoms with E-state index in [2.05, 4.69) is 10.3 Å². The maximum absolute atomic E-state index is 6.00. The molecule has 0 amide bonds. The first-order valence-electron chi connectivity index (χ1n) is 4.30. The first-order valence-corrected chi connectivity index (χ1v) is 5.56. The summed E-state index contributed by atoms with van der Waals surface area (Å²) >= 11 is 7.76.